The van der Waals surface area contributed by atoms with Crippen LogP contribution in [-0.4, -0.2) is 18.4 Å². The molecule has 2 rings (SSSR count). The number of nitrogens with zero attached hydrogens (tertiary/aromatic N) is 3. The molecular weight excluding hydrogens is 302 g/mol. The van der Waals surface area contributed by atoms with Gasteiger partial charge in [-0.15, -0.1) is 0 Å². The number of nitrogens with one attached hydrogen (secondary N) is 1. The van der Waals surface area contributed by atoms with E-state index in [9.17, 15) is 8.42 Å². The van der Waals surface area contributed by atoms with Gasteiger partial charge in [-0.2, -0.15) is 5.26 Å². The first-order valence-corrected chi connectivity index (χ1v) is 7.08. The highest BCUT2D eigenvalue weighted by Crippen LogP contribution is 2.22. The Bertz CT molecular complexity index is 801. The van der Waals surface area contributed by atoms with Gasteiger partial charge in [-0.05, 0) is 18.2 Å². The van der Waals surface area contributed by atoms with Crippen molar-refractivity contribution < 1.29 is 8.42 Å². The van der Waals surface area contributed by atoms with Crippen molar-refractivity contribution in [3.05, 3.63) is 41.3 Å². The summed E-state index contributed by atoms with van der Waals surface area (Å²) in [6.45, 7) is 0. The lowest BCUT2D eigenvalue weighted by Crippen LogP contribution is -2.15. The van der Waals surface area contributed by atoms with E-state index < -0.39 is 10.0 Å². The summed E-state index contributed by atoms with van der Waals surface area (Å²) in [5, 5.41) is 8.82. The third kappa shape index (κ3) is 2.96. The van der Waals surface area contributed by atoms with Crippen LogP contribution in [0.15, 0.2) is 35.5 Å². The van der Waals surface area contributed by atoms with E-state index >= 15 is 0 Å². The molecular formula is C11H8ClN5O2S. The first-order valence-electron chi connectivity index (χ1n) is 5.22. The molecule has 2 aromatic rings. The fourth-order valence-electron chi connectivity index (χ4n) is 1.44. The monoisotopic (exact) mass is 309 g/mol. The molecule has 1 aromatic carbocycles. The van der Waals surface area contributed by atoms with Gasteiger partial charge in [0, 0.05) is 6.07 Å². The number of benzene rings is 1. The Morgan fingerprint density at radius 3 is 2.65 bits per heavy atom. The number of nitrogen functional groups attached to an aromatic ring is 1. The van der Waals surface area contributed by atoms with Gasteiger partial charge in [0.05, 0.1) is 17.3 Å². The number of hydrogen-bond donors (Lipinski definition) is 2. The molecule has 0 saturated heterocycles. The highest BCUT2D eigenvalue weighted by atomic mass is 35.5. The van der Waals surface area contributed by atoms with Gasteiger partial charge in [-0.3, -0.25) is 4.72 Å². The lowest BCUT2D eigenvalue weighted by molar-refractivity contribution is 0.601. The molecule has 1 aromatic heterocycles. The van der Waals surface area contributed by atoms with Gasteiger partial charge in [0.25, 0.3) is 10.0 Å². The second kappa shape index (κ2) is 5.32. The minimum absolute atomic E-state index is 0.0220. The summed E-state index contributed by atoms with van der Waals surface area (Å²) in [6, 6.07) is 7.02. The second-order valence-electron chi connectivity index (χ2n) is 3.70. The summed E-state index contributed by atoms with van der Waals surface area (Å²) in [7, 11) is -3.92. The number of anilines is 2. The molecule has 0 radical (unpaired) electrons. The molecule has 0 fully saturated rings. The van der Waals surface area contributed by atoms with Crippen LogP contribution in [0.1, 0.15) is 5.56 Å². The second-order valence-corrected chi connectivity index (χ2v) is 5.73. The normalized spacial score (nSPS) is 10.8. The molecule has 9 heteroatoms. The van der Waals surface area contributed by atoms with Crippen LogP contribution in [0.3, 0.4) is 0 Å². The Morgan fingerprint density at radius 1 is 1.30 bits per heavy atom. The topological polar surface area (TPSA) is 122 Å². The summed E-state index contributed by atoms with van der Waals surface area (Å²) in [5.74, 6) is 0.0220. The van der Waals surface area contributed by atoms with Gasteiger partial charge < -0.3 is 5.73 Å². The number of rotatable bonds is 3. The Hall–Kier alpha value is -2.37. The standard InChI is InChI=1S/C11H8ClN5O2S/c12-10-4-11(16-6-15-10)17-20(18,19)9-2-1-7(5-13)3-8(9)14/h1-4,6H,14H2,(H,15,16,17). The third-order valence-corrected chi connectivity index (χ3v) is 3.94. The SMILES string of the molecule is N#Cc1ccc(S(=O)(=O)Nc2cc(Cl)ncn2)c(N)c1. The molecule has 20 heavy (non-hydrogen) atoms. The Morgan fingerprint density at radius 2 is 2.05 bits per heavy atom. The zero-order valence-electron chi connectivity index (χ0n) is 9.91. The highest BCUT2D eigenvalue weighted by molar-refractivity contribution is 7.92. The zero-order chi connectivity index (χ0) is 14.8. The highest BCUT2D eigenvalue weighted by Gasteiger charge is 2.18. The molecule has 0 amide bonds. The van der Waals surface area contributed by atoms with Crippen LogP contribution in [0.25, 0.3) is 0 Å². The molecule has 0 aliphatic carbocycles. The van der Waals surface area contributed by atoms with E-state index in [-0.39, 0.29) is 27.1 Å². The molecule has 102 valence electrons. The van der Waals surface area contributed by atoms with Crippen molar-refractivity contribution in [1.29, 1.82) is 5.26 Å². The molecule has 0 spiro atoms. The third-order valence-electron chi connectivity index (χ3n) is 2.30. The van der Waals surface area contributed by atoms with Crippen LogP contribution in [0.5, 0.6) is 0 Å². The van der Waals surface area contributed by atoms with E-state index in [1.54, 1.807) is 0 Å². The molecule has 0 atom stereocenters. The Kier molecular flexibility index (Phi) is 3.74. The van der Waals surface area contributed by atoms with E-state index in [1.165, 1.54) is 24.3 Å². The number of nitrogens with two attached hydrogens (primary N) is 1. The summed E-state index contributed by atoms with van der Waals surface area (Å²) >= 11 is 5.64. The van der Waals surface area contributed by atoms with Gasteiger partial charge in [0.2, 0.25) is 0 Å². The maximum absolute atomic E-state index is 12.2. The number of aromatic nitrogens is 2. The number of hydrogen-bond acceptors (Lipinski definition) is 6. The van der Waals surface area contributed by atoms with Crippen molar-refractivity contribution >= 4 is 33.1 Å². The minimum atomic E-state index is -3.92. The molecule has 0 unspecified atom stereocenters. The first kappa shape index (κ1) is 14.0. The van der Waals surface area contributed by atoms with Crippen molar-refractivity contribution in [3.63, 3.8) is 0 Å². The number of halogens is 1. The summed E-state index contributed by atoms with van der Waals surface area (Å²) < 4.78 is 26.5. The average Bonchev–Trinajstić information content (AvgIpc) is 2.37. The van der Waals surface area contributed by atoms with E-state index in [2.05, 4.69) is 14.7 Å². The smallest absolute Gasteiger partial charge is 0.265 e. The quantitative estimate of drug-likeness (QED) is 0.652. The first-order chi connectivity index (χ1) is 9.42. The number of sulfonamides is 1. The lowest BCUT2D eigenvalue weighted by Gasteiger charge is -2.09. The molecule has 0 saturated carbocycles. The maximum Gasteiger partial charge on any atom is 0.265 e. The van der Waals surface area contributed by atoms with Crippen LogP contribution < -0.4 is 10.5 Å². The maximum atomic E-state index is 12.2. The minimum Gasteiger partial charge on any atom is -0.398 e. The fraction of sp³-hybridized carbons (Fsp3) is 0. The van der Waals surface area contributed by atoms with Crippen LogP contribution in [0.2, 0.25) is 5.15 Å². The van der Waals surface area contributed by atoms with Crippen LogP contribution in [0, 0.1) is 11.3 Å². The van der Waals surface area contributed by atoms with Crippen molar-refractivity contribution in [1.82, 2.24) is 9.97 Å². The zero-order valence-corrected chi connectivity index (χ0v) is 11.5. The van der Waals surface area contributed by atoms with Gasteiger partial charge in [-0.1, -0.05) is 11.6 Å². The molecule has 7 nitrogen and oxygen atoms in total. The summed E-state index contributed by atoms with van der Waals surface area (Å²) in [6.07, 6.45) is 1.13. The van der Waals surface area contributed by atoms with Gasteiger partial charge >= 0.3 is 0 Å². The van der Waals surface area contributed by atoms with Crippen LogP contribution in [0.4, 0.5) is 11.5 Å². The molecule has 1 heterocycles. The van der Waals surface area contributed by atoms with E-state index in [0.717, 1.165) is 6.33 Å². The largest absolute Gasteiger partial charge is 0.398 e. The van der Waals surface area contributed by atoms with Crippen molar-refractivity contribution in [3.8, 4) is 6.07 Å². The Balaban J connectivity index is 2.39. The van der Waals surface area contributed by atoms with Crippen molar-refractivity contribution in [2.45, 2.75) is 4.90 Å². The van der Waals surface area contributed by atoms with Crippen molar-refractivity contribution in [2.24, 2.45) is 0 Å². The fourth-order valence-corrected chi connectivity index (χ4v) is 2.71. The summed E-state index contributed by atoms with van der Waals surface area (Å²) in [5.41, 5.74) is 5.88. The van der Waals surface area contributed by atoms with Crippen LogP contribution in [-0.2, 0) is 10.0 Å². The van der Waals surface area contributed by atoms with Gasteiger partial charge in [0.1, 0.15) is 22.2 Å². The van der Waals surface area contributed by atoms with Gasteiger partial charge in [-0.25, -0.2) is 18.4 Å². The van der Waals surface area contributed by atoms with Crippen molar-refractivity contribution in [2.75, 3.05) is 10.5 Å². The predicted octanol–water partition coefficient (Wildman–Crippen LogP) is 1.38. The molecule has 0 bridgehead atoms. The van der Waals surface area contributed by atoms with Crippen LogP contribution >= 0.6 is 11.6 Å². The molecule has 0 aliphatic rings. The molecule has 3 N–H and O–H groups in total. The van der Waals surface area contributed by atoms with Gasteiger partial charge in [0.15, 0.2) is 0 Å². The number of nitriles is 1. The Labute approximate surface area is 120 Å². The lowest BCUT2D eigenvalue weighted by atomic mass is 10.2. The average molecular weight is 310 g/mol. The molecule has 0 aliphatic heterocycles. The van der Waals surface area contributed by atoms with E-state index in [0.29, 0.717) is 0 Å². The van der Waals surface area contributed by atoms with E-state index in [4.69, 9.17) is 22.6 Å². The summed E-state index contributed by atoms with van der Waals surface area (Å²) in [4.78, 5) is 7.23. The van der Waals surface area contributed by atoms with E-state index in [1.807, 2.05) is 6.07 Å². The predicted molar refractivity (Wildman–Crippen MR) is 73.4 cm³/mol.